The summed E-state index contributed by atoms with van der Waals surface area (Å²) in [4.78, 5) is 16.9. The first-order chi connectivity index (χ1) is 13.8. The number of thioether (sulfide) groups is 1. The van der Waals surface area contributed by atoms with Gasteiger partial charge in [-0.1, -0.05) is 24.2 Å². The van der Waals surface area contributed by atoms with Crippen molar-refractivity contribution in [3.8, 4) is 5.69 Å². The Morgan fingerprint density at radius 3 is 3.07 bits per heavy atom. The summed E-state index contributed by atoms with van der Waals surface area (Å²) in [5, 5.41) is 12.5. The van der Waals surface area contributed by atoms with Crippen molar-refractivity contribution in [3.63, 3.8) is 0 Å². The Morgan fingerprint density at radius 2 is 2.18 bits per heavy atom. The summed E-state index contributed by atoms with van der Waals surface area (Å²) < 4.78 is 4.20. The number of nitrogens with zero attached hydrogens (tertiary/aromatic N) is 5. The fourth-order valence-corrected chi connectivity index (χ4v) is 4.08. The van der Waals surface area contributed by atoms with E-state index in [2.05, 4.69) is 25.1 Å². The Morgan fingerprint density at radius 1 is 1.25 bits per heavy atom. The van der Waals surface area contributed by atoms with Gasteiger partial charge in [0.15, 0.2) is 5.16 Å². The predicted molar refractivity (Wildman–Crippen MR) is 109 cm³/mol. The number of hydrogen-bond acceptors (Lipinski definition) is 5. The summed E-state index contributed by atoms with van der Waals surface area (Å²) in [6.45, 7) is 1.53. The molecule has 0 spiro atoms. The largest absolute Gasteiger partial charge is 0.352 e. The molecule has 0 bridgehead atoms. The van der Waals surface area contributed by atoms with E-state index in [0.29, 0.717) is 18.5 Å². The number of aryl methyl sites for hydroxylation is 1. The van der Waals surface area contributed by atoms with Gasteiger partial charge in [0.25, 0.3) is 5.91 Å². The van der Waals surface area contributed by atoms with Crippen molar-refractivity contribution in [1.82, 2.24) is 29.6 Å². The van der Waals surface area contributed by atoms with Gasteiger partial charge in [-0.2, -0.15) is 0 Å². The molecule has 1 aromatic carbocycles. The number of aromatic nitrogens is 5. The normalized spacial score (nSPS) is 13.8. The van der Waals surface area contributed by atoms with E-state index >= 15 is 0 Å². The molecule has 2 aromatic heterocycles. The van der Waals surface area contributed by atoms with Crippen molar-refractivity contribution >= 4 is 17.7 Å². The van der Waals surface area contributed by atoms with Crippen LogP contribution in [0.4, 0.5) is 0 Å². The molecule has 0 atom stereocenters. The Hall–Kier alpha value is -2.61. The van der Waals surface area contributed by atoms with Gasteiger partial charge >= 0.3 is 0 Å². The number of amides is 1. The molecular weight excluding hydrogens is 372 g/mol. The Labute approximate surface area is 168 Å². The fourth-order valence-electron chi connectivity index (χ4n) is 3.55. The number of benzene rings is 1. The number of imidazole rings is 1. The molecule has 1 amide bonds. The molecule has 8 heteroatoms. The lowest BCUT2D eigenvalue weighted by molar-refractivity contribution is 0.0954. The van der Waals surface area contributed by atoms with Crippen LogP contribution < -0.4 is 5.32 Å². The summed E-state index contributed by atoms with van der Waals surface area (Å²) >= 11 is 1.57. The molecule has 0 saturated carbocycles. The maximum atomic E-state index is 12.6. The molecule has 28 heavy (non-hydrogen) atoms. The SMILES string of the molecule is CSc1nccn1-c1cccc(C(=O)NCCc2nnc3n2CCCCC3)c1. The highest BCUT2D eigenvalue weighted by molar-refractivity contribution is 7.98. The minimum Gasteiger partial charge on any atom is -0.352 e. The van der Waals surface area contributed by atoms with Gasteiger partial charge in [-0.15, -0.1) is 10.2 Å². The van der Waals surface area contributed by atoms with Gasteiger partial charge in [0, 0.05) is 49.6 Å². The van der Waals surface area contributed by atoms with Crippen LogP contribution >= 0.6 is 11.8 Å². The van der Waals surface area contributed by atoms with E-state index < -0.39 is 0 Å². The number of carbonyl (C=O) groups is 1. The van der Waals surface area contributed by atoms with Gasteiger partial charge in [-0.25, -0.2) is 4.98 Å². The molecule has 1 N–H and O–H groups in total. The first-order valence-electron chi connectivity index (χ1n) is 9.63. The average molecular weight is 397 g/mol. The maximum Gasteiger partial charge on any atom is 0.251 e. The molecule has 3 heterocycles. The summed E-state index contributed by atoms with van der Waals surface area (Å²) in [7, 11) is 0. The molecule has 1 aliphatic heterocycles. The lowest BCUT2D eigenvalue weighted by atomic mass is 10.2. The van der Waals surface area contributed by atoms with Crippen molar-refractivity contribution < 1.29 is 4.79 Å². The topological polar surface area (TPSA) is 77.6 Å². The molecule has 0 aliphatic carbocycles. The first-order valence-corrected chi connectivity index (χ1v) is 10.9. The Kier molecular flexibility index (Phi) is 5.76. The summed E-state index contributed by atoms with van der Waals surface area (Å²) in [5.41, 5.74) is 1.57. The third-order valence-electron chi connectivity index (χ3n) is 5.00. The van der Waals surface area contributed by atoms with Crippen LogP contribution in [0.5, 0.6) is 0 Å². The third-order valence-corrected chi connectivity index (χ3v) is 5.66. The molecule has 4 rings (SSSR count). The average Bonchev–Trinajstić information content (AvgIpc) is 3.28. The van der Waals surface area contributed by atoms with Crippen LogP contribution in [0.15, 0.2) is 41.8 Å². The summed E-state index contributed by atoms with van der Waals surface area (Å²) in [6.07, 6.45) is 10.9. The quantitative estimate of drug-likeness (QED) is 0.648. The van der Waals surface area contributed by atoms with Crippen molar-refractivity contribution in [2.24, 2.45) is 0 Å². The zero-order chi connectivity index (χ0) is 19.3. The Bertz CT molecular complexity index is 963. The van der Waals surface area contributed by atoms with Crippen LogP contribution in [0.3, 0.4) is 0 Å². The van der Waals surface area contributed by atoms with E-state index in [0.717, 1.165) is 35.5 Å². The van der Waals surface area contributed by atoms with Crippen LogP contribution in [0, 0.1) is 0 Å². The van der Waals surface area contributed by atoms with Crippen LogP contribution in [-0.2, 0) is 19.4 Å². The van der Waals surface area contributed by atoms with Crippen LogP contribution in [-0.4, -0.2) is 43.0 Å². The second-order valence-corrected chi connectivity index (χ2v) is 7.61. The first kappa shape index (κ1) is 18.7. The molecule has 3 aromatic rings. The van der Waals surface area contributed by atoms with Gasteiger partial charge in [-0.05, 0) is 37.3 Å². The molecule has 0 radical (unpaired) electrons. The van der Waals surface area contributed by atoms with Crippen molar-refractivity contribution in [1.29, 1.82) is 0 Å². The number of rotatable bonds is 6. The van der Waals surface area contributed by atoms with Crippen LogP contribution in [0.2, 0.25) is 0 Å². The highest BCUT2D eigenvalue weighted by Crippen LogP contribution is 2.19. The summed E-state index contributed by atoms with van der Waals surface area (Å²) in [5.74, 6) is 1.97. The third kappa shape index (κ3) is 3.96. The number of nitrogens with one attached hydrogen (secondary N) is 1. The zero-order valence-corrected chi connectivity index (χ0v) is 16.8. The fraction of sp³-hybridized carbons (Fsp3) is 0.400. The predicted octanol–water partition coefficient (Wildman–Crippen LogP) is 2.88. The minimum absolute atomic E-state index is 0.0803. The van der Waals surface area contributed by atoms with E-state index in [1.165, 1.54) is 19.3 Å². The molecule has 0 saturated heterocycles. The van der Waals surface area contributed by atoms with Gasteiger partial charge in [0.1, 0.15) is 11.6 Å². The molecular formula is C20H24N6OS. The molecule has 0 fully saturated rings. The van der Waals surface area contributed by atoms with E-state index in [1.54, 1.807) is 18.0 Å². The van der Waals surface area contributed by atoms with E-state index in [1.807, 2.05) is 41.3 Å². The Balaban J connectivity index is 1.40. The van der Waals surface area contributed by atoms with E-state index in [4.69, 9.17) is 0 Å². The molecule has 1 aliphatic rings. The second kappa shape index (κ2) is 8.60. The monoisotopic (exact) mass is 396 g/mol. The smallest absolute Gasteiger partial charge is 0.251 e. The number of fused-ring (bicyclic) bond motifs is 1. The standard InChI is InChI=1S/C20H24N6OS/c1-28-20-22-11-13-25(20)16-7-5-6-15(14-16)19(27)21-10-9-18-24-23-17-8-3-2-4-12-26(17)18/h5-7,11,13-14H,2-4,8-10,12H2,1H3,(H,21,27). The minimum atomic E-state index is -0.0803. The molecule has 0 unspecified atom stereocenters. The molecule has 146 valence electrons. The van der Waals surface area contributed by atoms with Gasteiger partial charge in [0.05, 0.1) is 0 Å². The lowest BCUT2D eigenvalue weighted by Crippen LogP contribution is -2.26. The van der Waals surface area contributed by atoms with Crippen LogP contribution in [0.1, 0.15) is 41.3 Å². The summed E-state index contributed by atoms with van der Waals surface area (Å²) in [6, 6.07) is 7.59. The number of hydrogen-bond donors (Lipinski definition) is 1. The lowest BCUT2D eigenvalue weighted by Gasteiger charge is -2.10. The van der Waals surface area contributed by atoms with Crippen molar-refractivity contribution in [2.45, 2.75) is 43.8 Å². The maximum absolute atomic E-state index is 12.6. The number of carbonyl (C=O) groups excluding carboxylic acids is 1. The van der Waals surface area contributed by atoms with Gasteiger partial charge in [-0.3, -0.25) is 9.36 Å². The zero-order valence-electron chi connectivity index (χ0n) is 16.0. The highest BCUT2D eigenvalue weighted by Gasteiger charge is 2.15. The highest BCUT2D eigenvalue weighted by atomic mass is 32.2. The second-order valence-electron chi connectivity index (χ2n) is 6.83. The van der Waals surface area contributed by atoms with Gasteiger partial charge < -0.3 is 9.88 Å². The van der Waals surface area contributed by atoms with E-state index in [9.17, 15) is 4.79 Å². The van der Waals surface area contributed by atoms with Crippen molar-refractivity contribution in [2.75, 3.05) is 12.8 Å². The van der Waals surface area contributed by atoms with Gasteiger partial charge in [0.2, 0.25) is 0 Å². The molecule has 7 nitrogen and oxygen atoms in total. The van der Waals surface area contributed by atoms with E-state index in [-0.39, 0.29) is 5.91 Å². The van der Waals surface area contributed by atoms with Crippen LogP contribution in [0.25, 0.3) is 5.69 Å². The van der Waals surface area contributed by atoms with Crippen molar-refractivity contribution in [3.05, 3.63) is 53.9 Å².